The van der Waals surface area contributed by atoms with E-state index in [1.165, 1.54) is 36.5 Å². The van der Waals surface area contributed by atoms with Gasteiger partial charge in [0.15, 0.2) is 0 Å². The van der Waals surface area contributed by atoms with Crippen LogP contribution in [0, 0.1) is 10.1 Å². The molecule has 1 amide bonds. The van der Waals surface area contributed by atoms with Crippen LogP contribution in [0.15, 0.2) is 30.6 Å². The maximum atomic E-state index is 12.2. The lowest BCUT2D eigenvalue weighted by Gasteiger charge is -2.24. The Bertz CT molecular complexity index is 867. The summed E-state index contributed by atoms with van der Waals surface area (Å²) in [5.41, 5.74) is -0.0620. The summed E-state index contributed by atoms with van der Waals surface area (Å²) in [4.78, 5) is 36.8. The molecular formula is C17H22N6O5. The first kappa shape index (κ1) is 21.0. The minimum atomic E-state index is -0.658. The van der Waals surface area contributed by atoms with Crippen LogP contribution in [0.25, 0.3) is 0 Å². The van der Waals surface area contributed by atoms with Crippen LogP contribution in [-0.4, -0.2) is 33.6 Å². The largest absolute Gasteiger partial charge is 0.443 e. The Morgan fingerprint density at radius 2 is 2.04 bits per heavy atom. The van der Waals surface area contributed by atoms with E-state index >= 15 is 0 Å². The number of amides is 1. The zero-order chi connectivity index (χ0) is 20.9. The summed E-state index contributed by atoms with van der Waals surface area (Å²) in [6.07, 6.45) is 0.648. The number of anilines is 3. The van der Waals surface area contributed by atoms with E-state index in [9.17, 15) is 14.9 Å². The highest BCUT2D eigenvalue weighted by molar-refractivity contribution is 5.86. The van der Waals surface area contributed by atoms with Crippen molar-refractivity contribution in [3.63, 3.8) is 0 Å². The van der Waals surface area contributed by atoms with E-state index in [0.29, 0.717) is 5.56 Å². The average Bonchev–Trinajstić information content (AvgIpc) is 2.61. The average molecular weight is 390 g/mol. The van der Waals surface area contributed by atoms with E-state index in [4.69, 9.17) is 10.6 Å². The highest BCUT2D eigenvalue weighted by Gasteiger charge is 2.22. The van der Waals surface area contributed by atoms with Gasteiger partial charge in [0.05, 0.1) is 11.5 Å². The Morgan fingerprint density at radius 1 is 1.32 bits per heavy atom. The Morgan fingerprint density at radius 3 is 2.64 bits per heavy atom. The molecule has 0 atom stereocenters. The molecule has 1 aromatic carbocycles. The molecule has 0 bridgehead atoms. The van der Waals surface area contributed by atoms with Gasteiger partial charge in [-0.15, -0.1) is 0 Å². The zero-order valence-corrected chi connectivity index (χ0v) is 16.0. The SMILES string of the molecule is CN(C(=O)OC(C)(C)C)c1cc(Nc2ccc(CON)cc2[N+](=O)[O-])ncn1. The van der Waals surface area contributed by atoms with Crippen molar-refractivity contribution in [2.45, 2.75) is 33.0 Å². The molecule has 0 aliphatic carbocycles. The van der Waals surface area contributed by atoms with E-state index in [-0.39, 0.29) is 29.6 Å². The lowest BCUT2D eigenvalue weighted by atomic mass is 10.2. The van der Waals surface area contributed by atoms with Gasteiger partial charge in [0.25, 0.3) is 5.69 Å². The van der Waals surface area contributed by atoms with Crippen molar-refractivity contribution in [2.75, 3.05) is 17.3 Å². The predicted molar refractivity (Wildman–Crippen MR) is 102 cm³/mol. The molecule has 11 nitrogen and oxygen atoms in total. The number of carbonyl (C=O) groups is 1. The van der Waals surface area contributed by atoms with Crippen LogP contribution < -0.4 is 16.1 Å². The van der Waals surface area contributed by atoms with Gasteiger partial charge in [-0.05, 0) is 32.4 Å². The minimum Gasteiger partial charge on any atom is -0.443 e. The van der Waals surface area contributed by atoms with Gasteiger partial charge in [-0.25, -0.2) is 20.7 Å². The molecule has 0 fully saturated rings. The molecule has 0 aliphatic heterocycles. The first-order chi connectivity index (χ1) is 13.1. The molecule has 150 valence electrons. The summed E-state index contributed by atoms with van der Waals surface area (Å²) in [5.74, 6) is 5.55. The number of ether oxygens (including phenoxy) is 1. The summed E-state index contributed by atoms with van der Waals surface area (Å²) in [6.45, 7) is 5.30. The maximum absolute atomic E-state index is 12.2. The molecule has 28 heavy (non-hydrogen) atoms. The number of aromatic nitrogens is 2. The molecule has 0 spiro atoms. The van der Waals surface area contributed by atoms with E-state index in [1.54, 1.807) is 26.8 Å². The number of nitrogens with one attached hydrogen (secondary N) is 1. The quantitative estimate of drug-likeness (QED) is 0.561. The van der Waals surface area contributed by atoms with Crippen molar-refractivity contribution in [2.24, 2.45) is 5.90 Å². The van der Waals surface area contributed by atoms with Gasteiger partial charge < -0.3 is 10.1 Å². The molecule has 11 heteroatoms. The lowest BCUT2D eigenvalue weighted by Crippen LogP contribution is -2.34. The van der Waals surface area contributed by atoms with Gasteiger partial charge in [0.2, 0.25) is 0 Å². The van der Waals surface area contributed by atoms with Gasteiger partial charge in [0.1, 0.15) is 29.3 Å². The molecule has 2 rings (SSSR count). The van der Waals surface area contributed by atoms with Crippen LogP contribution in [0.4, 0.5) is 27.8 Å². The highest BCUT2D eigenvalue weighted by Crippen LogP contribution is 2.29. The summed E-state index contributed by atoms with van der Waals surface area (Å²) in [7, 11) is 1.50. The van der Waals surface area contributed by atoms with Gasteiger partial charge in [-0.3, -0.25) is 19.9 Å². The molecule has 0 saturated carbocycles. The Hall–Kier alpha value is -3.31. The Kier molecular flexibility index (Phi) is 6.44. The predicted octanol–water partition coefficient (Wildman–Crippen LogP) is 2.89. The Balaban J connectivity index is 2.25. The number of hydrogen-bond acceptors (Lipinski definition) is 9. The van der Waals surface area contributed by atoms with Crippen LogP contribution in [0.3, 0.4) is 0 Å². The second kappa shape index (κ2) is 8.59. The van der Waals surface area contributed by atoms with Crippen molar-refractivity contribution in [3.05, 3.63) is 46.3 Å². The monoisotopic (exact) mass is 390 g/mol. The molecule has 3 N–H and O–H groups in total. The summed E-state index contributed by atoms with van der Waals surface area (Å²) < 4.78 is 5.29. The first-order valence-corrected chi connectivity index (χ1v) is 8.25. The first-order valence-electron chi connectivity index (χ1n) is 8.25. The number of hydrogen-bond donors (Lipinski definition) is 2. The van der Waals surface area contributed by atoms with Crippen molar-refractivity contribution in [1.82, 2.24) is 9.97 Å². The van der Waals surface area contributed by atoms with Crippen LogP contribution in [0.5, 0.6) is 0 Å². The van der Waals surface area contributed by atoms with E-state index in [0.717, 1.165) is 0 Å². The third-order valence-corrected chi connectivity index (χ3v) is 3.44. The standard InChI is InChI=1S/C17H22N6O5/c1-17(2,3)28-16(24)22(4)15-8-14(19-10-20-15)21-12-6-5-11(9-27-18)7-13(12)23(25)26/h5-8,10H,9,18H2,1-4H3,(H,19,20,21). The van der Waals surface area contributed by atoms with Crippen LogP contribution in [0.1, 0.15) is 26.3 Å². The van der Waals surface area contributed by atoms with Crippen LogP contribution >= 0.6 is 0 Å². The number of benzene rings is 1. The number of nitrogens with two attached hydrogens (primary N) is 1. The Labute approximate surface area is 161 Å². The normalized spacial score (nSPS) is 11.0. The van der Waals surface area contributed by atoms with Crippen molar-refractivity contribution >= 4 is 29.1 Å². The van der Waals surface area contributed by atoms with Crippen molar-refractivity contribution in [3.8, 4) is 0 Å². The van der Waals surface area contributed by atoms with E-state index < -0.39 is 16.6 Å². The zero-order valence-electron chi connectivity index (χ0n) is 16.0. The lowest BCUT2D eigenvalue weighted by molar-refractivity contribution is -0.384. The summed E-state index contributed by atoms with van der Waals surface area (Å²) in [5, 5.41) is 14.2. The molecule has 0 unspecified atom stereocenters. The number of rotatable bonds is 6. The smallest absolute Gasteiger partial charge is 0.415 e. The molecule has 0 radical (unpaired) electrons. The second-order valence-electron chi connectivity index (χ2n) is 6.85. The number of carbonyl (C=O) groups excluding carboxylic acids is 1. The number of nitrogens with zero attached hydrogens (tertiary/aromatic N) is 4. The topological polar surface area (TPSA) is 146 Å². The molecule has 1 aromatic heterocycles. The van der Waals surface area contributed by atoms with Gasteiger partial charge in [-0.1, -0.05) is 6.07 Å². The van der Waals surface area contributed by atoms with Gasteiger partial charge >= 0.3 is 6.09 Å². The highest BCUT2D eigenvalue weighted by atomic mass is 16.6. The fraction of sp³-hybridized carbons (Fsp3) is 0.353. The van der Waals surface area contributed by atoms with E-state index in [1.807, 2.05) is 0 Å². The fourth-order valence-electron chi connectivity index (χ4n) is 2.18. The third-order valence-electron chi connectivity index (χ3n) is 3.44. The van der Waals surface area contributed by atoms with E-state index in [2.05, 4.69) is 20.1 Å². The summed E-state index contributed by atoms with van der Waals surface area (Å²) >= 11 is 0. The molecule has 0 aliphatic rings. The number of nitro benzene ring substituents is 1. The molecule has 0 saturated heterocycles. The van der Waals surface area contributed by atoms with Crippen molar-refractivity contribution < 1.29 is 19.3 Å². The number of nitro groups is 1. The van der Waals surface area contributed by atoms with Crippen LogP contribution in [-0.2, 0) is 16.2 Å². The van der Waals surface area contributed by atoms with Crippen LogP contribution in [0.2, 0.25) is 0 Å². The fourth-order valence-corrected chi connectivity index (χ4v) is 2.18. The minimum absolute atomic E-state index is 0.0411. The molecule has 2 aromatic rings. The molecule has 1 heterocycles. The summed E-state index contributed by atoms with van der Waals surface area (Å²) in [6, 6.07) is 5.98. The van der Waals surface area contributed by atoms with Crippen molar-refractivity contribution in [1.29, 1.82) is 0 Å². The molecular weight excluding hydrogens is 368 g/mol. The van der Waals surface area contributed by atoms with Gasteiger partial charge in [0, 0.05) is 19.2 Å². The third kappa shape index (κ3) is 5.59. The van der Waals surface area contributed by atoms with Gasteiger partial charge in [-0.2, -0.15) is 0 Å². The second-order valence-corrected chi connectivity index (χ2v) is 6.85. The maximum Gasteiger partial charge on any atom is 0.415 e.